The van der Waals surface area contributed by atoms with Crippen molar-refractivity contribution in [3.8, 4) is 11.4 Å². The SMILES string of the molecule is COc1ccc(-n2cccn2)cc1C(C)(C)C. The van der Waals surface area contributed by atoms with Crippen LogP contribution in [0.15, 0.2) is 36.7 Å². The van der Waals surface area contributed by atoms with E-state index in [4.69, 9.17) is 4.74 Å². The highest BCUT2D eigenvalue weighted by atomic mass is 16.5. The zero-order valence-corrected chi connectivity index (χ0v) is 10.8. The van der Waals surface area contributed by atoms with Gasteiger partial charge in [-0.05, 0) is 29.7 Å². The second-order valence-electron chi connectivity index (χ2n) is 5.09. The van der Waals surface area contributed by atoms with E-state index in [2.05, 4.69) is 31.9 Å². The van der Waals surface area contributed by atoms with Gasteiger partial charge in [0.25, 0.3) is 0 Å². The molecule has 17 heavy (non-hydrogen) atoms. The Hall–Kier alpha value is -1.77. The molecule has 0 aliphatic rings. The van der Waals surface area contributed by atoms with Gasteiger partial charge in [-0.2, -0.15) is 5.10 Å². The van der Waals surface area contributed by atoms with E-state index in [0.717, 1.165) is 11.4 Å². The number of nitrogens with zero attached hydrogens (tertiary/aromatic N) is 2. The predicted molar refractivity (Wildman–Crippen MR) is 68.8 cm³/mol. The van der Waals surface area contributed by atoms with Crippen LogP contribution in [-0.2, 0) is 5.41 Å². The molecule has 2 aromatic rings. The molecule has 0 atom stereocenters. The molecule has 90 valence electrons. The molecular weight excluding hydrogens is 212 g/mol. The zero-order chi connectivity index (χ0) is 12.5. The number of hydrogen-bond donors (Lipinski definition) is 0. The number of hydrogen-bond acceptors (Lipinski definition) is 2. The van der Waals surface area contributed by atoms with Gasteiger partial charge in [-0.3, -0.25) is 0 Å². The van der Waals surface area contributed by atoms with E-state index in [1.165, 1.54) is 5.56 Å². The molecule has 3 heteroatoms. The molecule has 0 spiro atoms. The summed E-state index contributed by atoms with van der Waals surface area (Å²) in [7, 11) is 1.71. The topological polar surface area (TPSA) is 27.1 Å². The van der Waals surface area contributed by atoms with Crippen molar-refractivity contribution in [1.82, 2.24) is 9.78 Å². The number of aromatic nitrogens is 2. The molecule has 0 saturated carbocycles. The molecule has 0 radical (unpaired) electrons. The average Bonchev–Trinajstić information content (AvgIpc) is 2.80. The van der Waals surface area contributed by atoms with Gasteiger partial charge in [0.1, 0.15) is 5.75 Å². The maximum Gasteiger partial charge on any atom is 0.122 e. The Bertz CT molecular complexity index is 495. The van der Waals surface area contributed by atoms with Crippen molar-refractivity contribution >= 4 is 0 Å². The zero-order valence-electron chi connectivity index (χ0n) is 10.8. The van der Waals surface area contributed by atoms with Gasteiger partial charge in [0.2, 0.25) is 0 Å². The fourth-order valence-electron chi connectivity index (χ4n) is 1.85. The molecule has 1 heterocycles. The summed E-state index contributed by atoms with van der Waals surface area (Å²) in [4.78, 5) is 0. The van der Waals surface area contributed by atoms with Gasteiger partial charge in [-0.25, -0.2) is 4.68 Å². The molecule has 1 aromatic carbocycles. The third-order valence-corrected chi connectivity index (χ3v) is 2.76. The van der Waals surface area contributed by atoms with Gasteiger partial charge in [0.15, 0.2) is 0 Å². The summed E-state index contributed by atoms with van der Waals surface area (Å²) >= 11 is 0. The van der Waals surface area contributed by atoms with Crippen molar-refractivity contribution < 1.29 is 4.74 Å². The van der Waals surface area contributed by atoms with Crippen molar-refractivity contribution in [2.24, 2.45) is 0 Å². The Kier molecular flexibility index (Phi) is 2.92. The smallest absolute Gasteiger partial charge is 0.122 e. The monoisotopic (exact) mass is 230 g/mol. The Morgan fingerprint density at radius 2 is 2.00 bits per heavy atom. The summed E-state index contributed by atoms with van der Waals surface area (Å²) in [6.45, 7) is 6.53. The lowest BCUT2D eigenvalue weighted by molar-refractivity contribution is 0.397. The second kappa shape index (κ2) is 4.24. The highest BCUT2D eigenvalue weighted by molar-refractivity contribution is 5.47. The first-order chi connectivity index (χ1) is 8.02. The summed E-state index contributed by atoms with van der Waals surface area (Å²) in [5, 5.41) is 4.24. The largest absolute Gasteiger partial charge is 0.496 e. The molecule has 0 amide bonds. The van der Waals surface area contributed by atoms with E-state index in [-0.39, 0.29) is 5.41 Å². The van der Waals surface area contributed by atoms with Crippen LogP contribution >= 0.6 is 0 Å². The molecule has 0 aliphatic heterocycles. The van der Waals surface area contributed by atoms with E-state index in [9.17, 15) is 0 Å². The van der Waals surface area contributed by atoms with Crippen LogP contribution in [-0.4, -0.2) is 16.9 Å². The van der Waals surface area contributed by atoms with Crippen LogP contribution in [0.4, 0.5) is 0 Å². The number of methoxy groups -OCH3 is 1. The maximum absolute atomic E-state index is 5.41. The van der Waals surface area contributed by atoms with Crippen molar-refractivity contribution in [2.75, 3.05) is 7.11 Å². The van der Waals surface area contributed by atoms with Gasteiger partial charge < -0.3 is 4.74 Å². The first kappa shape index (κ1) is 11.7. The maximum atomic E-state index is 5.41. The highest BCUT2D eigenvalue weighted by Crippen LogP contribution is 2.32. The Morgan fingerprint density at radius 3 is 2.53 bits per heavy atom. The summed E-state index contributed by atoms with van der Waals surface area (Å²) < 4.78 is 7.27. The summed E-state index contributed by atoms with van der Waals surface area (Å²) in [5.41, 5.74) is 2.29. The molecule has 0 fully saturated rings. The highest BCUT2D eigenvalue weighted by Gasteiger charge is 2.19. The van der Waals surface area contributed by atoms with Gasteiger partial charge in [0, 0.05) is 18.0 Å². The lowest BCUT2D eigenvalue weighted by Gasteiger charge is -2.22. The molecule has 2 rings (SSSR count). The molecular formula is C14H18N2O. The normalized spacial score (nSPS) is 11.5. The third kappa shape index (κ3) is 2.33. The van der Waals surface area contributed by atoms with Gasteiger partial charge in [-0.1, -0.05) is 20.8 Å². The van der Waals surface area contributed by atoms with Crippen molar-refractivity contribution in [2.45, 2.75) is 26.2 Å². The van der Waals surface area contributed by atoms with E-state index in [0.29, 0.717) is 0 Å². The first-order valence-electron chi connectivity index (χ1n) is 5.71. The Morgan fingerprint density at radius 1 is 1.24 bits per heavy atom. The van der Waals surface area contributed by atoms with Gasteiger partial charge in [-0.15, -0.1) is 0 Å². The van der Waals surface area contributed by atoms with Crippen LogP contribution in [0.25, 0.3) is 5.69 Å². The first-order valence-corrected chi connectivity index (χ1v) is 5.71. The Balaban J connectivity index is 2.53. The van der Waals surface area contributed by atoms with E-state index < -0.39 is 0 Å². The summed E-state index contributed by atoms with van der Waals surface area (Å²) in [6.07, 6.45) is 3.72. The van der Waals surface area contributed by atoms with E-state index in [1.54, 1.807) is 13.3 Å². The number of ether oxygens (including phenoxy) is 1. The Labute approximate surface area is 102 Å². The molecule has 3 nitrogen and oxygen atoms in total. The van der Waals surface area contributed by atoms with Crippen LogP contribution in [0.3, 0.4) is 0 Å². The second-order valence-corrected chi connectivity index (χ2v) is 5.09. The van der Waals surface area contributed by atoms with Crippen LogP contribution < -0.4 is 4.74 Å². The van der Waals surface area contributed by atoms with Gasteiger partial charge in [0.05, 0.1) is 12.8 Å². The number of benzene rings is 1. The van der Waals surface area contributed by atoms with Crippen LogP contribution in [0.1, 0.15) is 26.3 Å². The minimum atomic E-state index is 0.0501. The van der Waals surface area contributed by atoms with Crippen molar-refractivity contribution in [3.05, 3.63) is 42.2 Å². The fourth-order valence-corrected chi connectivity index (χ4v) is 1.85. The van der Waals surface area contributed by atoms with Gasteiger partial charge >= 0.3 is 0 Å². The molecule has 0 bridgehead atoms. The van der Waals surface area contributed by atoms with Crippen molar-refractivity contribution in [3.63, 3.8) is 0 Å². The lowest BCUT2D eigenvalue weighted by Crippen LogP contribution is -2.13. The quantitative estimate of drug-likeness (QED) is 0.792. The van der Waals surface area contributed by atoms with Crippen molar-refractivity contribution in [1.29, 1.82) is 0 Å². The minimum Gasteiger partial charge on any atom is -0.496 e. The minimum absolute atomic E-state index is 0.0501. The number of rotatable bonds is 2. The standard InChI is InChI=1S/C14H18N2O/c1-14(2,3)12-10-11(6-7-13(12)17-4)16-9-5-8-15-16/h5-10H,1-4H3. The fraction of sp³-hybridized carbons (Fsp3) is 0.357. The van der Waals surface area contributed by atoms with Crippen LogP contribution in [0, 0.1) is 0 Å². The van der Waals surface area contributed by atoms with Crippen LogP contribution in [0.5, 0.6) is 5.75 Å². The summed E-state index contributed by atoms with van der Waals surface area (Å²) in [6, 6.07) is 8.06. The third-order valence-electron chi connectivity index (χ3n) is 2.76. The average molecular weight is 230 g/mol. The van der Waals surface area contributed by atoms with E-state index in [1.807, 2.05) is 29.1 Å². The molecule has 0 aliphatic carbocycles. The van der Waals surface area contributed by atoms with Crippen LogP contribution in [0.2, 0.25) is 0 Å². The molecule has 0 N–H and O–H groups in total. The predicted octanol–water partition coefficient (Wildman–Crippen LogP) is 3.18. The molecule has 1 aromatic heterocycles. The molecule has 0 unspecified atom stereocenters. The van der Waals surface area contributed by atoms with E-state index >= 15 is 0 Å². The lowest BCUT2D eigenvalue weighted by atomic mass is 9.86. The summed E-state index contributed by atoms with van der Waals surface area (Å²) in [5.74, 6) is 0.924. The molecule has 0 saturated heterocycles.